The summed E-state index contributed by atoms with van der Waals surface area (Å²) in [5.74, 6) is -0.268. The van der Waals surface area contributed by atoms with Crippen molar-refractivity contribution < 1.29 is 4.79 Å². The summed E-state index contributed by atoms with van der Waals surface area (Å²) in [4.78, 5) is 11.8. The van der Waals surface area contributed by atoms with Crippen molar-refractivity contribution in [3.63, 3.8) is 0 Å². The van der Waals surface area contributed by atoms with E-state index in [9.17, 15) is 4.79 Å². The Morgan fingerprint density at radius 1 is 1.53 bits per heavy atom. The number of carbonyl (C=O) groups excluding carboxylic acids is 1. The number of carbonyl (C=O) groups is 1. The number of nitrogens with two attached hydrogens (primary N) is 1. The van der Waals surface area contributed by atoms with Gasteiger partial charge in [0.15, 0.2) is 0 Å². The smallest absolute Gasteiger partial charge is 0.254 e. The van der Waals surface area contributed by atoms with Crippen LogP contribution in [0.5, 0.6) is 0 Å². The topological polar surface area (TPSA) is 83.3 Å². The van der Waals surface area contributed by atoms with Crippen molar-refractivity contribution in [1.82, 2.24) is 9.72 Å². The van der Waals surface area contributed by atoms with E-state index in [1.165, 1.54) is 0 Å². The monoisotopic (exact) mass is 228 g/mol. The standard InChI is InChI=1S/C12H12N4O/c13-4-5-15-12(17)10-8-16-6-2-1-3-11(16)9(10)7-14/h1-3,6,8H,4-5,13H2,(H,15,17). The fraction of sp³-hybridized carbons (Fsp3) is 0.167. The second kappa shape index (κ2) is 4.68. The minimum absolute atomic E-state index is 0.268. The lowest BCUT2D eigenvalue weighted by Crippen LogP contribution is -2.29. The fourth-order valence-corrected chi connectivity index (χ4v) is 1.69. The van der Waals surface area contributed by atoms with E-state index in [1.54, 1.807) is 22.9 Å². The number of fused-ring (bicyclic) bond motifs is 1. The highest BCUT2D eigenvalue weighted by Gasteiger charge is 2.15. The highest BCUT2D eigenvalue weighted by atomic mass is 16.1. The first kappa shape index (κ1) is 11.2. The number of nitriles is 1. The summed E-state index contributed by atoms with van der Waals surface area (Å²) >= 11 is 0. The van der Waals surface area contributed by atoms with Gasteiger partial charge in [-0.3, -0.25) is 4.79 Å². The minimum Gasteiger partial charge on any atom is -0.351 e. The molecule has 2 heterocycles. The number of hydrogen-bond donors (Lipinski definition) is 2. The molecular formula is C12H12N4O. The summed E-state index contributed by atoms with van der Waals surface area (Å²) in [6, 6.07) is 7.54. The first-order valence-electron chi connectivity index (χ1n) is 5.26. The number of nitrogens with one attached hydrogen (secondary N) is 1. The van der Waals surface area contributed by atoms with Crippen molar-refractivity contribution >= 4 is 11.4 Å². The van der Waals surface area contributed by atoms with Crippen LogP contribution in [0.25, 0.3) is 5.52 Å². The van der Waals surface area contributed by atoms with Crippen molar-refractivity contribution in [3.8, 4) is 6.07 Å². The van der Waals surface area contributed by atoms with Crippen molar-refractivity contribution in [2.75, 3.05) is 13.1 Å². The molecule has 0 atom stereocenters. The second-order valence-corrected chi connectivity index (χ2v) is 3.57. The number of hydrogen-bond acceptors (Lipinski definition) is 3. The Morgan fingerprint density at radius 2 is 2.35 bits per heavy atom. The molecule has 0 aromatic carbocycles. The van der Waals surface area contributed by atoms with Gasteiger partial charge in [0, 0.05) is 25.5 Å². The molecule has 2 aromatic heterocycles. The quantitative estimate of drug-likeness (QED) is 0.802. The Bertz CT molecular complexity index is 594. The molecule has 0 radical (unpaired) electrons. The highest BCUT2D eigenvalue weighted by Crippen LogP contribution is 2.17. The molecule has 0 fully saturated rings. The molecule has 1 amide bonds. The van der Waals surface area contributed by atoms with E-state index in [-0.39, 0.29) is 5.91 Å². The predicted octanol–water partition coefficient (Wildman–Crippen LogP) is 0.499. The number of amides is 1. The maximum absolute atomic E-state index is 11.8. The maximum atomic E-state index is 11.8. The Morgan fingerprint density at radius 3 is 3.06 bits per heavy atom. The second-order valence-electron chi connectivity index (χ2n) is 3.57. The zero-order chi connectivity index (χ0) is 12.3. The lowest BCUT2D eigenvalue weighted by molar-refractivity contribution is 0.0954. The third-order valence-corrected chi connectivity index (χ3v) is 2.47. The third kappa shape index (κ3) is 1.98. The zero-order valence-electron chi connectivity index (χ0n) is 9.18. The molecule has 2 rings (SSSR count). The Kier molecular flexibility index (Phi) is 3.08. The van der Waals surface area contributed by atoms with E-state index >= 15 is 0 Å². The molecule has 0 unspecified atom stereocenters. The van der Waals surface area contributed by atoms with Crippen molar-refractivity contribution in [3.05, 3.63) is 41.7 Å². The molecular weight excluding hydrogens is 216 g/mol. The normalized spacial score (nSPS) is 10.1. The van der Waals surface area contributed by atoms with E-state index < -0.39 is 0 Å². The molecule has 86 valence electrons. The largest absolute Gasteiger partial charge is 0.351 e. The molecule has 0 aliphatic heterocycles. The van der Waals surface area contributed by atoms with Crippen molar-refractivity contribution in [1.29, 1.82) is 5.26 Å². The van der Waals surface area contributed by atoms with Crippen LogP contribution in [0.4, 0.5) is 0 Å². The van der Waals surface area contributed by atoms with Crippen LogP contribution >= 0.6 is 0 Å². The Labute approximate surface area is 98.5 Å². The Balaban J connectivity index is 2.47. The van der Waals surface area contributed by atoms with Gasteiger partial charge in [-0.2, -0.15) is 5.26 Å². The average molecular weight is 228 g/mol. The molecule has 17 heavy (non-hydrogen) atoms. The summed E-state index contributed by atoms with van der Waals surface area (Å²) < 4.78 is 1.76. The van der Waals surface area contributed by atoms with Crippen LogP contribution in [-0.2, 0) is 0 Å². The van der Waals surface area contributed by atoms with Crippen molar-refractivity contribution in [2.45, 2.75) is 0 Å². The molecule has 0 saturated carbocycles. The van der Waals surface area contributed by atoms with Crippen LogP contribution in [0.3, 0.4) is 0 Å². The molecule has 0 spiro atoms. The van der Waals surface area contributed by atoms with Gasteiger partial charge in [0.1, 0.15) is 6.07 Å². The first-order valence-corrected chi connectivity index (χ1v) is 5.26. The van der Waals surface area contributed by atoms with Gasteiger partial charge in [-0.05, 0) is 12.1 Å². The third-order valence-electron chi connectivity index (χ3n) is 2.47. The van der Waals surface area contributed by atoms with Gasteiger partial charge in [0.25, 0.3) is 5.91 Å². The fourth-order valence-electron chi connectivity index (χ4n) is 1.69. The molecule has 0 bridgehead atoms. The van der Waals surface area contributed by atoms with Gasteiger partial charge >= 0.3 is 0 Å². The predicted molar refractivity (Wildman–Crippen MR) is 63.5 cm³/mol. The highest BCUT2D eigenvalue weighted by molar-refractivity contribution is 5.99. The van der Waals surface area contributed by atoms with E-state index in [0.717, 1.165) is 5.52 Å². The van der Waals surface area contributed by atoms with Crippen LogP contribution in [0.2, 0.25) is 0 Å². The number of rotatable bonds is 3. The van der Waals surface area contributed by atoms with Gasteiger partial charge in [-0.1, -0.05) is 6.07 Å². The molecule has 5 nitrogen and oxygen atoms in total. The van der Waals surface area contributed by atoms with Gasteiger partial charge in [-0.15, -0.1) is 0 Å². The number of nitrogens with zero attached hydrogens (tertiary/aromatic N) is 2. The molecule has 0 saturated heterocycles. The summed E-state index contributed by atoms with van der Waals surface area (Å²) in [6.45, 7) is 0.775. The molecule has 2 aromatic rings. The van der Waals surface area contributed by atoms with Crippen LogP contribution in [0.15, 0.2) is 30.6 Å². The van der Waals surface area contributed by atoms with Gasteiger partial charge < -0.3 is 15.5 Å². The lowest BCUT2D eigenvalue weighted by Gasteiger charge is -2.00. The number of pyridine rings is 1. The van der Waals surface area contributed by atoms with Gasteiger partial charge in [0.05, 0.1) is 16.6 Å². The van der Waals surface area contributed by atoms with Crippen LogP contribution in [-0.4, -0.2) is 23.4 Å². The van der Waals surface area contributed by atoms with Gasteiger partial charge in [-0.25, -0.2) is 0 Å². The summed E-state index contributed by atoms with van der Waals surface area (Å²) in [5.41, 5.74) is 6.82. The summed E-state index contributed by atoms with van der Waals surface area (Å²) in [7, 11) is 0. The summed E-state index contributed by atoms with van der Waals surface area (Å²) in [5, 5.41) is 11.8. The average Bonchev–Trinajstić information content (AvgIpc) is 2.74. The SMILES string of the molecule is N#Cc1c(C(=O)NCCN)cn2ccccc12. The van der Waals surface area contributed by atoms with Crippen LogP contribution in [0.1, 0.15) is 15.9 Å². The summed E-state index contributed by atoms with van der Waals surface area (Å²) in [6.07, 6.45) is 3.45. The van der Waals surface area contributed by atoms with Crippen molar-refractivity contribution in [2.24, 2.45) is 5.73 Å². The lowest BCUT2D eigenvalue weighted by atomic mass is 10.1. The van der Waals surface area contributed by atoms with Crippen LogP contribution in [0, 0.1) is 11.3 Å². The molecule has 3 N–H and O–H groups in total. The van der Waals surface area contributed by atoms with E-state index in [1.807, 2.05) is 12.1 Å². The Hall–Kier alpha value is -2.32. The van der Waals surface area contributed by atoms with Crippen LogP contribution < -0.4 is 11.1 Å². The number of aromatic nitrogens is 1. The zero-order valence-corrected chi connectivity index (χ0v) is 9.18. The minimum atomic E-state index is -0.268. The first-order chi connectivity index (χ1) is 8.27. The maximum Gasteiger partial charge on any atom is 0.254 e. The van der Waals surface area contributed by atoms with E-state index in [0.29, 0.717) is 24.2 Å². The molecule has 5 heteroatoms. The molecule has 0 aliphatic carbocycles. The van der Waals surface area contributed by atoms with E-state index in [2.05, 4.69) is 11.4 Å². The van der Waals surface area contributed by atoms with E-state index in [4.69, 9.17) is 11.0 Å². The molecule has 0 aliphatic rings. The van der Waals surface area contributed by atoms with Gasteiger partial charge in [0.2, 0.25) is 0 Å².